The summed E-state index contributed by atoms with van der Waals surface area (Å²) in [5.41, 5.74) is 3.44. The average molecular weight is 529 g/mol. The number of amides is 1. The van der Waals surface area contributed by atoms with Crippen molar-refractivity contribution in [2.75, 3.05) is 49.1 Å². The number of carbonyl (C=O) groups is 1. The van der Waals surface area contributed by atoms with E-state index in [1.807, 2.05) is 35.4 Å². The summed E-state index contributed by atoms with van der Waals surface area (Å²) in [6.45, 7) is 7.55. The lowest BCUT2D eigenvalue weighted by molar-refractivity contribution is -0.129. The number of carbonyl (C=O) groups excluding carboxylic acids is 1. The molecule has 2 fully saturated rings. The van der Waals surface area contributed by atoms with Crippen LogP contribution < -0.4 is 9.80 Å². The van der Waals surface area contributed by atoms with Crippen molar-refractivity contribution >= 4 is 29.0 Å². The Labute approximate surface area is 220 Å². The van der Waals surface area contributed by atoms with Gasteiger partial charge in [-0.1, -0.05) is 17.7 Å². The highest BCUT2D eigenvalue weighted by atomic mass is 35.5. The smallest absolute Gasteiger partial charge is 0.280 e. The highest BCUT2D eigenvalue weighted by molar-refractivity contribution is 6.31. The number of piperidine rings is 1. The Morgan fingerprint density at radius 1 is 1.05 bits per heavy atom. The lowest BCUT2D eigenvalue weighted by Gasteiger charge is -2.36. The fourth-order valence-corrected chi connectivity index (χ4v) is 5.55. The number of pyridine rings is 1. The SMILES string of the molecule is CC(=O)N1CCN(c2ccc(-c3ccc(Cl)cc3N3CCCC(n4ncc(C)c4C(F)F)C3)cn2)CC1. The molecular formula is C27H31ClF2N6O. The Balaban J connectivity index is 1.38. The van der Waals surface area contributed by atoms with E-state index in [1.165, 1.54) is 10.9 Å². The zero-order valence-electron chi connectivity index (χ0n) is 21.1. The molecule has 1 atom stereocenters. The first-order valence-electron chi connectivity index (χ1n) is 12.7. The first-order chi connectivity index (χ1) is 17.8. The molecule has 0 spiro atoms. The molecule has 196 valence electrons. The quantitative estimate of drug-likeness (QED) is 0.446. The van der Waals surface area contributed by atoms with Gasteiger partial charge in [0.15, 0.2) is 0 Å². The number of halogens is 3. The van der Waals surface area contributed by atoms with E-state index in [4.69, 9.17) is 16.6 Å². The van der Waals surface area contributed by atoms with Crippen molar-refractivity contribution in [1.29, 1.82) is 0 Å². The molecule has 3 aromatic rings. The van der Waals surface area contributed by atoms with Gasteiger partial charge in [-0.15, -0.1) is 0 Å². The second-order valence-electron chi connectivity index (χ2n) is 9.76. The third-order valence-electron chi connectivity index (χ3n) is 7.38. The van der Waals surface area contributed by atoms with Gasteiger partial charge in [0.1, 0.15) is 11.5 Å². The van der Waals surface area contributed by atoms with Crippen LogP contribution in [0.15, 0.2) is 42.7 Å². The molecule has 2 saturated heterocycles. The first-order valence-corrected chi connectivity index (χ1v) is 13.0. The molecule has 0 aliphatic carbocycles. The van der Waals surface area contributed by atoms with E-state index in [2.05, 4.69) is 21.0 Å². The molecule has 1 unspecified atom stereocenters. The zero-order chi connectivity index (χ0) is 26.1. The predicted octanol–water partition coefficient (Wildman–Crippen LogP) is 5.35. The summed E-state index contributed by atoms with van der Waals surface area (Å²) in [7, 11) is 0. The summed E-state index contributed by atoms with van der Waals surface area (Å²) in [6.07, 6.45) is 2.49. The van der Waals surface area contributed by atoms with Gasteiger partial charge in [-0.3, -0.25) is 9.48 Å². The monoisotopic (exact) mass is 528 g/mol. The van der Waals surface area contributed by atoms with Gasteiger partial charge in [0.05, 0.1) is 12.2 Å². The van der Waals surface area contributed by atoms with E-state index in [9.17, 15) is 13.6 Å². The van der Waals surface area contributed by atoms with Crippen LogP contribution in [0, 0.1) is 6.92 Å². The van der Waals surface area contributed by atoms with Crippen LogP contribution in [0.3, 0.4) is 0 Å². The second kappa shape index (κ2) is 10.7. The molecule has 37 heavy (non-hydrogen) atoms. The minimum atomic E-state index is -2.56. The van der Waals surface area contributed by atoms with E-state index < -0.39 is 6.43 Å². The minimum Gasteiger partial charge on any atom is -0.369 e. The standard InChI is InChI=1S/C27H31ClF2N6O/c1-18-15-32-36(26(18)27(29)30)22-4-3-9-35(17-22)24-14-21(28)6-7-23(24)20-5-8-25(31-16-20)34-12-10-33(11-13-34)19(2)37/h5-8,14-16,22,27H,3-4,9-13,17H2,1-2H3. The largest absolute Gasteiger partial charge is 0.369 e. The number of alkyl halides is 2. The summed E-state index contributed by atoms with van der Waals surface area (Å²) >= 11 is 6.41. The normalized spacial score (nSPS) is 18.5. The van der Waals surface area contributed by atoms with Gasteiger partial charge in [0.25, 0.3) is 6.43 Å². The molecule has 0 saturated carbocycles. The molecule has 5 rings (SSSR count). The predicted molar refractivity (Wildman–Crippen MR) is 142 cm³/mol. The number of benzene rings is 1. The molecule has 2 aliphatic heterocycles. The Hall–Kier alpha value is -3.20. The summed E-state index contributed by atoms with van der Waals surface area (Å²) < 4.78 is 29.0. The Kier molecular flexibility index (Phi) is 7.33. The summed E-state index contributed by atoms with van der Waals surface area (Å²) in [6, 6.07) is 9.72. The number of hydrogen-bond donors (Lipinski definition) is 0. The Morgan fingerprint density at radius 3 is 2.51 bits per heavy atom. The number of aryl methyl sites for hydroxylation is 1. The highest BCUT2D eigenvalue weighted by Crippen LogP contribution is 2.37. The van der Waals surface area contributed by atoms with Crippen molar-refractivity contribution < 1.29 is 13.6 Å². The van der Waals surface area contributed by atoms with E-state index in [1.54, 1.807) is 13.8 Å². The van der Waals surface area contributed by atoms with Gasteiger partial charge < -0.3 is 14.7 Å². The molecule has 1 amide bonds. The third kappa shape index (κ3) is 5.28. The van der Waals surface area contributed by atoms with Crippen LogP contribution in [0.1, 0.15) is 43.5 Å². The molecular weight excluding hydrogens is 498 g/mol. The minimum absolute atomic E-state index is 0.00194. The summed E-state index contributed by atoms with van der Waals surface area (Å²) in [4.78, 5) is 22.6. The van der Waals surface area contributed by atoms with Crippen molar-refractivity contribution in [3.8, 4) is 11.1 Å². The molecule has 0 bridgehead atoms. The van der Waals surface area contributed by atoms with Crippen molar-refractivity contribution in [3.05, 3.63) is 59.0 Å². The van der Waals surface area contributed by atoms with Gasteiger partial charge in [0, 0.05) is 74.2 Å². The fourth-order valence-electron chi connectivity index (χ4n) is 5.39. The zero-order valence-corrected chi connectivity index (χ0v) is 21.8. The van der Waals surface area contributed by atoms with Crippen LogP contribution in [0.4, 0.5) is 20.3 Å². The van der Waals surface area contributed by atoms with Crippen LogP contribution in [-0.4, -0.2) is 64.8 Å². The van der Waals surface area contributed by atoms with Gasteiger partial charge in [-0.05, 0) is 49.6 Å². The van der Waals surface area contributed by atoms with Crippen LogP contribution >= 0.6 is 11.6 Å². The van der Waals surface area contributed by atoms with Crippen molar-refractivity contribution in [1.82, 2.24) is 19.7 Å². The second-order valence-corrected chi connectivity index (χ2v) is 10.2. The topological polar surface area (TPSA) is 57.5 Å². The van der Waals surface area contributed by atoms with Crippen LogP contribution in [0.2, 0.25) is 5.02 Å². The highest BCUT2D eigenvalue weighted by Gasteiger charge is 2.29. The first kappa shape index (κ1) is 25.4. The number of piperazine rings is 1. The molecule has 1 aromatic carbocycles. The van der Waals surface area contributed by atoms with E-state index in [0.717, 1.165) is 55.1 Å². The van der Waals surface area contributed by atoms with Crippen molar-refractivity contribution in [2.45, 2.75) is 39.2 Å². The molecule has 2 aromatic heterocycles. The molecule has 0 radical (unpaired) electrons. The maximum Gasteiger partial charge on any atom is 0.280 e. The number of hydrogen-bond acceptors (Lipinski definition) is 5. The summed E-state index contributed by atoms with van der Waals surface area (Å²) in [5.74, 6) is 0.986. The number of nitrogens with zero attached hydrogens (tertiary/aromatic N) is 6. The van der Waals surface area contributed by atoms with E-state index in [0.29, 0.717) is 30.2 Å². The fraction of sp³-hybridized carbons (Fsp3) is 0.444. The summed E-state index contributed by atoms with van der Waals surface area (Å²) in [5, 5.41) is 4.93. The maximum atomic E-state index is 13.7. The Bertz CT molecular complexity index is 1260. The van der Waals surface area contributed by atoms with Gasteiger partial charge in [-0.25, -0.2) is 13.8 Å². The molecule has 4 heterocycles. The van der Waals surface area contributed by atoms with Gasteiger partial charge >= 0.3 is 0 Å². The molecule has 0 N–H and O–H groups in total. The van der Waals surface area contributed by atoms with Crippen molar-refractivity contribution in [3.63, 3.8) is 0 Å². The van der Waals surface area contributed by atoms with Crippen LogP contribution in [-0.2, 0) is 4.79 Å². The number of rotatable bonds is 5. The van der Waals surface area contributed by atoms with Gasteiger partial charge in [-0.2, -0.15) is 5.10 Å². The number of anilines is 2. The van der Waals surface area contributed by atoms with Crippen molar-refractivity contribution in [2.24, 2.45) is 0 Å². The molecule has 2 aliphatic rings. The number of aromatic nitrogens is 3. The van der Waals surface area contributed by atoms with E-state index in [-0.39, 0.29) is 17.6 Å². The molecule has 10 heteroatoms. The molecule has 7 nitrogen and oxygen atoms in total. The van der Waals surface area contributed by atoms with Crippen LogP contribution in [0.25, 0.3) is 11.1 Å². The average Bonchev–Trinajstić information content (AvgIpc) is 3.30. The van der Waals surface area contributed by atoms with Gasteiger partial charge in [0.2, 0.25) is 5.91 Å². The van der Waals surface area contributed by atoms with E-state index >= 15 is 0 Å². The third-order valence-corrected chi connectivity index (χ3v) is 7.62. The lowest BCUT2D eigenvalue weighted by atomic mass is 10.00. The Morgan fingerprint density at radius 2 is 1.84 bits per heavy atom. The lowest BCUT2D eigenvalue weighted by Crippen LogP contribution is -2.48. The maximum absolute atomic E-state index is 13.7. The van der Waals surface area contributed by atoms with Crippen LogP contribution in [0.5, 0.6) is 0 Å².